The molecule has 1 aromatic heterocycles. The lowest BCUT2D eigenvalue weighted by Crippen LogP contribution is -2.09. The molecule has 0 atom stereocenters. The molecule has 0 saturated heterocycles. The van der Waals surface area contributed by atoms with E-state index in [-0.39, 0.29) is 0 Å². The monoisotopic (exact) mass is 435 g/mol. The molecule has 0 aliphatic carbocycles. The van der Waals surface area contributed by atoms with E-state index in [1.54, 1.807) is 11.8 Å². The molecule has 3 rings (SSSR count). The minimum absolute atomic E-state index is 0.334. The molecule has 0 saturated carbocycles. The van der Waals surface area contributed by atoms with Gasteiger partial charge in [-0.05, 0) is 52.2 Å². The van der Waals surface area contributed by atoms with Gasteiger partial charge in [0.05, 0.1) is 12.1 Å². The summed E-state index contributed by atoms with van der Waals surface area (Å²) in [5.74, 6) is 1.67. The number of hydrogen-bond acceptors (Lipinski definition) is 6. The first-order valence-corrected chi connectivity index (χ1v) is 10.1. The summed E-state index contributed by atoms with van der Waals surface area (Å²) in [6, 6.07) is 11.2. The molecule has 0 amide bonds. The zero-order valence-corrected chi connectivity index (χ0v) is 17.9. The Kier molecular flexibility index (Phi) is 7.55. The van der Waals surface area contributed by atoms with Crippen LogP contribution >= 0.6 is 23.2 Å². The molecule has 154 valence electrons. The molecule has 0 unspecified atom stereocenters. The molecule has 1 heterocycles. The molecule has 2 aromatic carbocycles. The van der Waals surface area contributed by atoms with Crippen LogP contribution in [0.5, 0.6) is 11.5 Å². The third-order valence-corrected chi connectivity index (χ3v) is 4.78. The summed E-state index contributed by atoms with van der Waals surface area (Å²) in [6.45, 7) is 3.73. The van der Waals surface area contributed by atoms with E-state index < -0.39 is 0 Å². The summed E-state index contributed by atoms with van der Waals surface area (Å²) >= 11 is 12.5. The highest BCUT2D eigenvalue weighted by atomic mass is 35.5. The first-order chi connectivity index (χ1) is 14.1. The number of rotatable bonds is 10. The fourth-order valence-corrected chi connectivity index (χ4v) is 3.27. The quantitative estimate of drug-likeness (QED) is 0.483. The second-order valence-electron chi connectivity index (χ2n) is 6.46. The van der Waals surface area contributed by atoms with E-state index in [2.05, 4.69) is 27.8 Å². The molecule has 3 aromatic rings. The number of hydrogen-bond donors (Lipinski definition) is 1. The van der Waals surface area contributed by atoms with Gasteiger partial charge in [0.1, 0.15) is 6.61 Å². The average Bonchev–Trinajstić information content (AvgIpc) is 3.16. The van der Waals surface area contributed by atoms with E-state index in [9.17, 15) is 0 Å². The van der Waals surface area contributed by atoms with Crippen LogP contribution in [0.15, 0.2) is 36.4 Å². The van der Waals surface area contributed by atoms with E-state index in [0.717, 1.165) is 30.5 Å². The normalized spacial score (nSPS) is 10.8. The highest BCUT2D eigenvalue weighted by Crippen LogP contribution is 2.37. The van der Waals surface area contributed by atoms with Crippen LogP contribution in [0, 0.1) is 0 Å². The highest BCUT2D eigenvalue weighted by molar-refractivity contribution is 6.32. The molecule has 1 N–H and O–H groups in total. The standard InChI is InChI=1S/C20H23Cl2N5O2/c1-3-4-8-27-20(24-25-26-27)23-12-15-10-17(22)19(18(11-15)28-2)29-13-14-6-5-7-16(21)9-14/h5-7,9-11H,3-4,8,12-13H2,1-2H3,(H,23,24,26). The fraction of sp³-hybridized carbons (Fsp3) is 0.350. The van der Waals surface area contributed by atoms with E-state index in [4.69, 9.17) is 32.7 Å². The second-order valence-corrected chi connectivity index (χ2v) is 7.30. The van der Waals surface area contributed by atoms with Gasteiger partial charge in [0.15, 0.2) is 11.5 Å². The van der Waals surface area contributed by atoms with Crippen molar-refractivity contribution in [1.29, 1.82) is 0 Å². The van der Waals surface area contributed by atoms with Crippen LogP contribution in [0.1, 0.15) is 30.9 Å². The number of tetrazole rings is 1. The van der Waals surface area contributed by atoms with Crippen LogP contribution in [0.25, 0.3) is 0 Å². The molecule has 7 nitrogen and oxygen atoms in total. The summed E-state index contributed by atoms with van der Waals surface area (Å²) in [5, 5.41) is 16.1. The van der Waals surface area contributed by atoms with Crippen molar-refractivity contribution in [2.45, 2.75) is 39.5 Å². The van der Waals surface area contributed by atoms with Gasteiger partial charge in [-0.3, -0.25) is 0 Å². The molecule has 0 radical (unpaired) electrons. The van der Waals surface area contributed by atoms with Gasteiger partial charge in [-0.15, -0.1) is 0 Å². The topological polar surface area (TPSA) is 74.1 Å². The van der Waals surface area contributed by atoms with Gasteiger partial charge in [0.2, 0.25) is 5.95 Å². The number of aromatic nitrogens is 4. The Bertz CT molecular complexity index is 948. The maximum absolute atomic E-state index is 6.47. The maximum atomic E-state index is 6.47. The van der Waals surface area contributed by atoms with Gasteiger partial charge in [0, 0.05) is 18.1 Å². The molecule has 0 fully saturated rings. The Hall–Kier alpha value is -2.51. The highest BCUT2D eigenvalue weighted by Gasteiger charge is 2.13. The summed E-state index contributed by atoms with van der Waals surface area (Å²) in [5.41, 5.74) is 1.87. The van der Waals surface area contributed by atoms with Crippen molar-refractivity contribution in [3.63, 3.8) is 0 Å². The summed E-state index contributed by atoms with van der Waals surface area (Å²) in [6.07, 6.45) is 2.08. The zero-order chi connectivity index (χ0) is 20.6. The second kappa shape index (κ2) is 10.3. The van der Waals surface area contributed by atoms with Crippen molar-refractivity contribution >= 4 is 29.2 Å². The fourth-order valence-electron chi connectivity index (χ4n) is 2.77. The Morgan fingerprint density at radius 1 is 1.14 bits per heavy atom. The van der Waals surface area contributed by atoms with Crippen LogP contribution in [-0.2, 0) is 19.7 Å². The predicted octanol–water partition coefficient (Wildman–Crippen LogP) is 4.98. The lowest BCUT2D eigenvalue weighted by Gasteiger charge is -2.15. The smallest absolute Gasteiger partial charge is 0.243 e. The minimum atomic E-state index is 0.334. The number of nitrogens with zero attached hydrogens (tertiary/aromatic N) is 4. The lowest BCUT2D eigenvalue weighted by molar-refractivity contribution is 0.284. The largest absolute Gasteiger partial charge is 0.493 e. The van der Waals surface area contributed by atoms with Crippen molar-refractivity contribution in [2.24, 2.45) is 0 Å². The van der Waals surface area contributed by atoms with Crippen molar-refractivity contribution in [3.05, 3.63) is 57.6 Å². The first-order valence-electron chi connectivity index (χ1n) is 9.34. The Morgan fingerprint density at radius 2 is 2.00 bits per heavy atom. The number of unbranched alkanes of at least 4 members (excludes halogenated alkanes) is 1. The SMILES string of the molecule is CCCCn1nnnc1NCc1cc(Cl)c(OCc2cccc(Cl)c2)c(OC)c1. The molecule has 29 heavy (non-hydrogen) atoms. The molecule has 0 aliphatic heterocycles. The van der Waals surface area contributed by atoms with Crippen LogP contribution in [0.3, 0.4) is 0 Å². The van der Waals surface area contributed by atoms with Crippen molar-refractivity contribution < 1.29 is 9.47 Å². The van der Waals surface area contributed by atoms with E-state index in [0.29, 0.717) is 40.6 Å². The number of ether oxygens (including phenoxy) is 2. The van der Waals surface area contributed by atoms with Crippen molar-refractivity contribution in [3.8, 4) is 11.5 Å². The third-order valence-electron chi connectivity index (χ3n) is 4.27. The number of halogens is 2. The molecule has 0 bridgehead atoms. The zero-order valence-electron chi connectivity index (χ0n) is 16.4. The van der Waals surface area contributed by atoms with Crippen LogP contribution < -0.4 is 14.8 Å². The average molecular weight is 436 g/mol. The van der Waals surface area contributed by atoms with E-state index in [1.807, 2.05) is 36.4 Å². The van der Waals surface area contributed by atoms with Gasteiger partial charge in [-0.1, -0.05) is 53.8 Å². The van der Waals surface area contributed by atoms with Crippen LogP contribution in [-0.4, -0.2) is 27.3 Å². The predicted molar refractivity (Wildman–Crippen MR) is 114 cm³/mol. The minimum Gasteiger partial charge on any atom is -0.493 e. The molecule has 9 heteroatoms. The summed E-state index contributed by atoms with van der Waals surface area (Å²) < 4.78 is 13.1. The number of nitrogens with one attached hydrogen (secondary N) is 1. The van der Waals surface area contributed by atoms with Gasteiger partial charge >= 0.3 is 0 Å². The number of anilines is 1. The maximum Gasteiger partial charge on any atom is 0.243 e. The molecule has 0 aliphatic rings. The van der Waals surface area contributed by atoms with E-state index >= 15 is 0 Å². The van der Waals surface area contributed by atoms with E-state index in [1.165, 1.54) is 0 Å². The Balaban J connectivity index is 1.68. The number of methoxy groups -OCH3 is 1. The number of benzene rings is 2. The third kappa shape index (κ3) is 5.74. The Morgan fingerprint density at radius 3 is 2.76 bits per heavy atom. The van der Waals surface area contributed by atoms with Crippen LogP contribution in [0.2, 0.25) is 10.0 Å². The van der Waals surface area contributed by atoms with Crippen molar-refractivity contribution in [1.82, 2.24) is 20.2 Å². The summed E-state index contributed by atoms with van der Waals surface area (Å²) in [4.78, 5) is 0. The van der Waals surface area contributed by atoms with Gasteiger partial charge < -0.3 is 14.8 Å². The van der Waals surface area contributed by atoms with Gasteiger partial charge in [0.25, 0.3) is 0 Å². The summed E-state index contributed by atoms with van der Waals surface area (Å²) in [7, 11) is 1.58. The molecule has 0 spiro atoms. The van der Waals surface area contributed by atoms with Crippen molar-refractivity contribution in [2.75, 3.05) is 12.4 Å². The van der Waals surface area contributed by atoms with Gasteiger partial charge in [-0.2, -0.15) is 0 Å². The number of aryl methyl sites for hydroxylation is 1. The van der Waals surface area contributed by atoms with Gasteiger partial charge in [-0.25, -0.2) is 4.68 Å². The van der Waals surface area contributed by atoms with Crippen LogP contribution in [0.4, 0.5) is 5.95 Å². The lowest BCUT2D eigenvalue weighted by atomic mass is 10.2. The molecular formula is C20H23Cl2N5O2. The Labute approximate surface area is 179 Å². The molecular weight excluding hydrogens is 413 g/mol. The first kappa shape index (κ1) is 21.2.